The van der Waals surface area contributed by atoms with E-state index in [4.69, 9.17) is 0 Å². The van der Waals surface area contributed by atoms with E-state index >= 15 is 0 Å². The van der Waals surface area contributed by atoms with E-state index in [0.29, 0.717) is 33.3 Å². The topological polar surface area (TPSA) is 43.7 Å². The lowest BCUT2D eigenvalue weighted by molar-refractivity contribution is 0.0916. The monoisotopic (exact) mass is 1480 g/mol. The molecule has 1 saturated heterocycles. The van der Waals surface area contributed by atoms with Crippen LogP contribution >= 0.6 is 11.3 Å². The van der Waals surface area contributed by atoms with E-state index in [1.54, 1.807) is 11.6 Å². The van der Waals surface area contributed by atoms with Crippen LogP contribution in [0, 0.1) is 69.1 Å². The molecule has 1 aliphatic heterocycles. The van der Waals surface area contributed by atoms with Gasteiger partial charge in [0.15, 0.2) is 0 Å². The molecule has 8 rings (SSSR count). The highest BCUT2D eigenvalue weighted by molar-refractivity contribution is 7.12. The molecule has 2 heterocycles. The molecule has 0 bridgehead atoms. The number of allylic oxidation sites excluding steroid dienone is 2. The van der Waals surface area contributed by atoms with Crippen molar-refractivity contribution in [3.05, 3.63) is 163 Å². The molecule has 616 valence electrons. The van der Waals surface area contributed by atoms with Crippen LogP contribution in [0.25, 0.3) is 0 Å². The maximum atomic E-state index is 9.46. The molecule has 0 spiro atoms. The first kappa shape index (κ1) is 117. The predicted octanol–water partition coefficient (Wildman–Crippen LogP) is 34.3. The molecule has 3 nitrogen and oxygen atoms in total. The second kappa shape index (κ2) is 60.7. The molecular weight excluding hydrogens is 1290 g/mol. The number of aromatic hydroxyl groups is 2. The summed E-state index contributed by atoms with van der Waals surface area (Å²) in [6, 6.07) is 33.5. The highest BCUT2D eigenvalue weighted by atomic mass is 32.1. The van der Waals surface area contributed by atoms with Gasteiger partial charge < -0.3 is 10.2 Å². The van der Waals surface area contributed by atoms with Gasteiger partial charge in [-0.15, -0.1) is 11.3 Å². The molecule has 4 heteroatoms. The summed E-state index contributed by atoms with van der Waals surface area (Å²) < 4.78 is 0. The number of piperidine rings is 1. The first-order chi connectivity index (χ1) is 48.3. The molecule has 1 saturated carbocycles. The number of thiophene rings is 1. The zero-order valence-corrected chi connectivity index (χ0v) is 81.0. The normalized spacial score (nSPS) is 15.5. The fraction of sp³-hybridized carbons (Fsp3) is 0.703. The van der Waals surface area contributed by atoms with Gasteiger partial charge in [-0.05, 0) is 233 Å². The smallest absolute Gasteiger partial charge is 0.118 e. The maximum absolute atomic E-state index is 9.46. The van der Waals surface area contributed by atoms with Crippen LogP contribution in [0.2, 0.25) is 0 Å². The molecule has 1 aromatic heterocycles. The number of phenolic OH excluding ortho intramolecular Hbond substituents is 2. The summed E-state index contributed by atoms with van der Waals surface area (Å²) in [5, 5.41) is 18.8. The molecule has 0 radical (unpaired) electrons. The number of aryl methyl sites for hydroxylation is 5. The van der Waals surface area contributed by atoms with E-state index in [-0.39, 0.29) is 21.7 Å². The summed E-state index contributed by atoms with van der Waals surface area (Å²) in [6.45, 7) is 106. The van der Waals surface area contributed by atoms with E-state index in [1.807, 2.05) is 160 Å². The van der Waals surface area contributed by atoms with Gasteiger partial charge in [-0.1, -0.05) is 385 Å². The number of hydrogen-bond donors (Lipinski definition) is 2. The van der Waals surface area contributed by atoms with Crippen molar-refractivity contribution in [1.82, 2.24) is 4.90 Å². The SMILES string of the molecule is CC.CC.CC.CC.CC.CC.CC.CC.CC1CC=C(C(C)(C)C)CC1.CC1CCC(C(C)(C)C)CC1.CC1CCN(C(C)(C)C)CC1.Cc1cc(C(C)(C)C)ccc1O.Cc1ccc(C(C)(C)C)cc1.Cc1ccc(C(C)(C)C)cc1O.Cc1ccc(C(C)(C)C)s1.Cc1cccc(C(C)(C)C)c1. The van der Waals surface area contributed by atoms with Crippen molar-refractivity contribution < 1.29 is 10.2 Å². The van der Waals surface area contributed by atoms with E-state index < -0.39 is 0 Å². The minimum Gasteiger partial charge on any atom is -0.508 e. The van der Waals surface area contributed by atoms with Crippen LogP contribution in [0.4, 0.5) is 0 Å². The van der Waals surface area contributed by atoms with Gasteiger partial charge in [-0.2, -0.15) is 0 Å². The van der Waals surface area contributed by atoms with Crippen molar-refractivity contribution in [3.63, 3.8) is 0 Å². The fourth-order valence-electron chi connectivity index (χ4n) is 10.7. The Balaban J connectivity index is -0.000000166. The molecule has 0 amide bonds. The van der Waals surface area contributed by atoms with Crippen LogP contribution in [-0.4, -0.2) is 33.7 Å². The third-order valence-electron chi connectivity index (χ3n) is 18.0. The number of hydrogen-bond acceptors (Lipinski definition) is 4. The lowest BCUT2D eigenvalue weighted by Crippen LogP contribution is -2.45. The molecule has 4 aromatic carbocycles. The van der Waals surface area contributed by atoms with Crippen molar-refractivity contribution in [2.45, 2.75) is 423 Å². The molecule has 5 aromatic rings. The third kappa shape index (κ3) is 57.6. The van der Waals surface area contributed by atoms with E-state index in [0.717, 1.165) is 34.8 Å². The van der Waals surface area contributed by atoms with Crippen LogP contribution in [0.1, 0.15) is 410 Å². The summed E-state index contributed by atoms with van der Waals surface area (Å²) in [7, 11) is 0. The van der Waals surface area contributed by atoms with Crippen molar-refractivity contribution in [2.24, 2.45) is 34.5 Å². The Kier molecular flexibility index (Phi) is 67.4. The average Bonchev–Trinajstić information content (AvgIpc) is 1.71. The van der Waals surface area contributed by atoms with E-state index in [2.05, 4.69) is 285 Å². The summed E-state index contributed by atoms with van der Waals surface area (Å²) >= 11 is 1.89. The Bertz CT molecular complexity index is 2690. The second-order valence-corrected chi connectivity index (χ2v) is 36.7. The standard InChI is InChI=1S/2C11H16O.C11H22.C11H20.2C11H16.C10H21N.C9H14S.8C2H6/c1-8-7-9(11(2,3)4)5-6-10(8)12;1-8-5-6-9(7-10(8)12)11(2,3)4;3*1-9-5-7-10(8-6-9)11(2,3)4;1-9-6-5-7-10(8-9)11(2,3)4;1-9-5-7-11(8-6-9)10(2,3)4;1-7-5-6-8(10-7)9(2,3)4;8*1-2/h2*5-7,12H,1-4H3;9-10H,5-8H2,1-4H3;7,9H,5-6,8H2,1-4H3;2*5-8H,1-4H3;9H,5-8H2,1-4H3;5-6H,1-4H3;8*1-2H3. The van der Waals surface area contributed by atoms with Crippen molar-refractivity contribution in [2.75, 3.05) is 13.1 Å². The molecule has 2 N–H and O–H groups in total. The Hall–Kier alpha value is -4.12. The number of rotatable bonds is 0. The highest BCUT2D eigenvalue weighted by Gasteiger charge is 2.29. The third-order valence-corrected chi connectivity index (χ3v) is 19.5. The van der Waals surface area contributed by atoms with Gasteiger partial charge in [-0.3, -0.25) is 4.90 Å². The summed E-state index contributed by atoms with van der Waals surface area (Å²) in [4.78, 5) is 5.47. The van der Waals surface area contributed by atoms with E-state index in [9.17, 15) is 10.2 Å². The highest BCUT2D eigenvalue weighted by Crippen LogP contribution is 2.40. The minimum atomic E-state index is 0.116. The summed E-state index contributed by atoms with van der Waals surface area (Å²) in [6.07, 6.45) is 15.1. The van der Waals surface area contributed by atoms with Gasteiger partial charge in [0.1, 0.15) is 11.5 Å². The van der Waals surface area contributed by atoms with Crippen LogP contribution in [-0.2, 0) is 27.1 Å². The van der Waals surface area contributed by atoms with Crippen molar-refractivity contribution in [3.8, 4) is 11.5 Å². The zero-order valence-electron chi connectivity index (χ0n) is 80.2. The van der Waals surface area contributed by atoms with Crippen molar-refractivity contribution >= 4 is 11.3 Å². The van der Waals surface area contributed by atoms with Crippen LogP contribution < -0.4 is 0 Å². The quantitative estimate of drug-likeness (QED) is 0.152. The molecular formula is C101H189NO2S. The first-order valence-corrected chi connectivity index (χ1v) is 43.4. The largest absolute Gasteiger partial charge is 0.508 e. The Labute approximate surface area is 667 Å². The summed E-state index contributed by atoms with van der Waals surface area (Å²) in [5.41, 5.74) is 14.0. The van der Waals surface area contributed by atoms with Gasteiger partial charge in [0.2, 0.25) is 0 Å². The molecule has 2 fully saturated rings. The van der Waals surface area contributed by atoms with Gasteiger partial charge in [-0.25, -0.2) is 0 Å². The Morgan fingerprint density at radius 3 is 1.04 bits per heavy atom. The lowest BCUT2D eigenvalue weighted by Gasteiger charge is -2.40. The predicted molar refractivity (Wildman–Crippen MR) is 492 cm³/mol. The van der Waals surface area contributed by atoms with Crippen LogP contribution in [0.15, 0.2) is 109 Å². The molecule has 105 heavy (non-hydrogen) atoms. The Morgan fingerprint density at radius 1 is 0.343 bits per heavy atom. The number of phenols is 2. The van der Waals surface area contributed by atoms with Gasteiger partial charge >= 0.3 is 0 Å². The number of nitrogens with zero attached hydrogens (tertiary/aromatic N) is 1. The fourth-order valence-corrected chi connectivity index (χ4v) is 11.6. The molecule has 1 atom stereocenters. The van der Waals surface area contributed by atoms with Crippen molar-refractivity contribution in [1.29, 1.82) is 0 Å². The van der Waals surface area contributed by atoms with E-state index in [1.165, 1.54) is 114 Å². The average molecular weight is 1480 g/mol. The molecule has 3 aliphatic rings. The van der Waals surface area contributed by atoms with Crippen LogP contribution in [0.3, 0.4) is 0 Å². The molecule has 2 aliphatic carbocycles. The van der Waals surface area contributed by atoms with Gasteiger partial charge in [0, 0.05) is 15.3 Å². The second-order valence-electron chi connectivity index (χ2n) is 35.4. The summed E-state index contributed by atoms with van der Waals surface area (Å²) in [5.74, 6) is 4.62. The number of benzene rings is 4. The zero-order chi connectivity index (χ0) is 84.9. The van der Waals surface area contributed by atoms with Gasteiger partial charge in [0.05, 0.1) is 0 Å². The Morgan fingerprint density at radius 2 is 0.733 bits per heavy atom. The maximum Gasteiger partial charge on any atom is 0.118 e. The minimum absolute atomic E-state index is 0.116. The van der Waals surface area contributed by atoms with Gasteiger partial charge in [0.25, 0.3) is 0 Å². The molecule has 1 unspecified atom stereocenters. The number of likely N-dealkylation sites (tertiary alicyclic amines) is 1. The van der Waals surface area contributed by atoms with Crippen LogP contribution in [0.5, 0.6) is 11.5 Å². The first-order valence-electron chi connectivity index (χ1n) is 42.6. The lowest BCUT2D eigenvalue weighted by atomic mass is 9.70.